The molecule has 5 nitrogen and oxygen atoms in total. The molecule has 0 aromatic heterocycles. The Morgan fingerprint density at radius 1 is 1.15 bits per heavy atom. The summed E-state index contributed by atoms with van der Waals surface area (Å²) in [5.74, 6) is -1.51. The molecule has 1 N–H and O–H groups in total. The number of rotatable bonds is 4. The van der Waals surface area contributed by atoms with E-state index in [2.05, 4.69) is 5.32 Å². The van der Waals surface area contributed by atoms with Gasteiger partial charge < -0.3 is 5.32 Å². The number of anilines is 1. The fourth-order valence-corrected chi connectivity index (χ4v) is 4.65. The molecule has 0 bridgehead atoms. The summed E-state index contributed by atoms with van der Waals surface area (Å²) in [5, 5.41) is 2.61. The molecule has 1 atom stereocenters. The Kier molecular flexibility index (Phi) is 5.06. The quantitative estimate of drug-likeness (QED) is 0.887. The molecule has 26 heavy (non-hydrogen) atoms. The van der Waals surface area contributed by atoms with Crippen LogP contribution < -0.4 is 5.32 Å². The number of benzene rings is 2. The maximum absolute atomic E-state index is 13.6. The first-order chi connectivity index (χ1) is 12.3. The Labute approximate surface area is 150 Å². The van der Waals surface area contributed by atoms with Crippen molar-refractivity contribution in [1.29, 1.82) is 0 Å². The van der Waals surface area contributed by atoms with Crippen molar-refractivity contribution in [3.63, 3.8) is 0 Å². The Morgan fingerprint density at radius 2 is 1.85 bits per heavy atom. The minimum absolute atomic E-state index is 0.0689. The third-order valence-electron chi connectivity index (χ3n) is 4.45. The van der Waals surface area contributed by atoms with E-state index in [0.29, 0.717) is 18.5 Å². The zero-order valence-electron chi connectivity index (χ0n) is 14.1. The van der Waals surface area contributed by atoms with Gasteiger partial charge >= 0.3 is 0 Å². The molecule has 0 saturated carbocycles. The highest BCUT2D eigenvalue weighted by Gasteiger charge is 2.39. The molecule has 0 radical (unpaired) electrons. The first-order valence-corrected chi connectivity index (χ1v) is 9.58. The molecule has 1 amide bonds. The summed E-state index contributed by atoms with van der Waals surface area (Å²) in [6.45, 7) is 1.73. The number of carbonyl (C=O) groups excluding carboxylic acids is 1. The van der Waals surface area contributed by atoms with Crippen LogP contribution in [0.1, 0.15) is 18.4 Å². The molecule has 2 aromatic carbocycles. The molecule has 1 fully saturated rings. The molecule has 8 heteroatoms. The second-order valence-corrected chi connectivity index (χ2v) is 8.02. The van der Waals surface area contributed by atoms with Crippen LogP contribution in [0.15, 0.2) is 47.4 Å². The van der Waals surface area contributed by atoms with Gasteiger partial charge in [-0.1, -0.05) is 6.07 Å². The van der Waals surface area contributed by atoms with Crippen molar-refractivity contribution >= 4 is 21.6 Å². The van der Waals surface area contributed by atoms with Gasteiger partial charge in [-0.05, 0) is 56.2 Å². The predicted molar refractivity (Wildman–Crippen MR) is 93.1 cm³/mol. The van der Waals surface area contributed by atoms with Crippen LogP contribution in [0.4, 0.5) is 14.5 Å². The lowest BCUT2D eigenvalue weighted by molar-refractivity contribution is -0.119. The molecule has 1 aliphatic heterocycles. The minimum atomic E-state index is -3.93. The van der Waals surface area contributed by atoms with Gasteiger partial charge in [-0.3, -0.25) is 4.79 Å². The molecular formula is C18H18F2N2O3S. The van der Waals surface area contributed by atoms with Crippen molar-refractivity contribution in [2.24, 2.45) is 0 Å². The summed E-state index contributed by atoms with van der Waals surface area (Å²) < 4.78 is 53.4. The number of carbonyl (C=O) groups is 1. The van der Waals surface area contributed by atoms with E-state index in [-0.39, 0.29) is 17.0 Å². The number of hydrogen-bond acceptors (Lipinski definition) is 3. The molecular weight excluding hydrogens is 362 g/mol. The molecule has 138 valence electrons. The zero-order chi connectivity index (χ0) is 18.9. The van der Waals surface area contributed by atoms with Crippen LogP contribution in [-0.4, -0.2) is 31.2 Å². The molecule has 0 spiro atoms. The molecule has 1 aliphatic rings. The first kappa shape index (κ1) is 18.5. The van der Waals surface area contributed by atoms with Crippen molar-refractivity contribution in [2.75, 3.05) is 11.9 Å². The lowest BCUT2D eigenvalue weighted by Gasteiger charge is -2.23. The van der Waals surface area contributed by atoms with Gasteiger partial charge in [0.15, 0.2) is 0 Å². The van der Waals surface area contributed by atoms with E-state index in [1.165, 1.54) is 31.2 Å². The van der Waals surface area contributed by atoms with Crippen LogP contribution in [0.2, 0.25) is 0 Å². The molecule has 1 heterocycles. The number of amides is 1. The summed E-state index contributed by atoms with van der Waals surface area (Å²) in [4.78, 5) is 12.6. The fraction of sp³-hybridized carbons (Fsp3) is 0.278. The number of halogens is 2. The monoisotopic (exact) mass is 380 g/mol. The standard InChI is InChI=1S/C18H18F2N2O3S/c1-12-15(20)4-2-5-16(12)21-18(23)17-6-3-11-22(17)26(24,25)14-9-7-13(19)8-10-14/h2,4-5,7-10,17H,3,6,11H2,1H3,(H,21,23)/t17-/m1/s1. The van der Waals surface area contributed by atoms with Crippen LogP contribution in [0.3, 0.4) is 0 Å². The highest BCUT2D eigenvalue weighted by molar-refractivity contribution is 7.89. The lowest BCUT2D eigenvalue weighted by Crippen LogP contribution is -2.43. The van der Waals surface area contributed by atoms with Crippen molar-refractivity contribution in [3.8, 4) is 0 Å². The molecule has 2 aromatic rings. The second kappa shape index (κ2) is 7.13. The summed E-state index contributed by atoms with van der Waals surface area (Å²) in [6.07, 6.45) is 0.890. The highest BCUT2D eigenvalue weighted by Crippen LogP contribution is 2.28. The van der Waals surface area contributed by atoms with E-state index in [1.807, 2.05) is 0 Å². The predicted octanol–water partition coefficient (Wildman–Crippen LogP) is 3.07. The number of sulfonamides is 1. The maximum Gasteiger partial charge on any atom is 0.243 e. The van der Waals surface area contributed by atoms with Gasteiger partial charge in [0, 0.05) is 17.8 Å². The van der Waals surface area contributed by atoms with Crippen LogP contribution in [0, 0.1) is 18.6 Å². The lowest BCUT2D eigenvalue weighted by atomic mass is 10.1. The van der Waals surface area contributed by atoms with Crippen molar-refractivity contribution in [1.82, 2.24) is 4.31 Å². The van der Waals surface area contributed by atoms with E-state index in [9.17, 15) is 22.0 Å². The summed E-state index contributed by atoms with van der Waals surface area (Å²) >= 11 is 0. The van der Waals surface area contributed by atoms with Gasteiger partial charge in [-0.25, -0.2) is 17.2 Å². The fourth-order valence-electron chi connectivity index (χ4n) is 2.99. The Hall–Kier alpha value is -2.32. The van der Waals surface area contributed by atoms with Gasteiger partial charge in [-0.2, -0.15) is 4.31 Å². The Morgan fingerprint density at radius 3 is 2.54 bits per heavy atom. The molecule has 3 rings (SSSR count). The molecule has 0 aliphatic carbocycles. The van der Waals surface area contributed by atoms with E-state index < -0.39 is 33.6 Å². The largest absolute Gasteiger partial charge is 0.324 e. The van der Waals surface area contributed by atoms with Gasteiger partial charge in [-0.15, -0.1) is 0 Å². The Bertz CT molecular complexity index is 930. The number of nitrogens with one attached hydrogen (secondary N) is 1. The van der Waals surface area contributed by atoms with Crippen molar-refractivity contribution < 1.29 is 22.0 Å². The normalized spacial score (nSPS) is 18.0. The number of nitrogens with zero attached hydrogens (tertiary/aromatic N) is 1. The average Bonchev–Trinajstić information content (AvgIpc) is 3.10. The van der Waals surface area contributed by atoms with Crippen LogP contribution in [0.25, 0.3) is 0 Å². The van der Waals surface area contributed by atoms with Gasteiger partial charge in [0.1, 0.15) is 17.7 Å². The topological polar surface area (TPSA) is 66.5 Å². The van der Waals surface area contributed by atoms with Crippen LogP contribution >= 0.6 is 0 Å². The van der Waals surface area contributed by atoms with Gasteiger partial charge in [0.2, 0.25) is 15.9 Å². The van der Waals surface area contributed by atoms with E-state index in [0.717, 1.165) is 16.4 Å². The molecule has 1 saturated heterocycles. The van der Waals surface area contributed by atoms with Gasteiger partial charge in [0.25, 0.3) is 0 Å². The second-order valence-electron chi connectivity index (χ2n) is 6.13. The van der Waals surface area contributed by atoms with E-state index >= 15 is 0 Å². The third-order valence-corrected chi connectivity index (χ3v) is 6.37. The summed E-state index contributed by atoms with van der Waals surface area (Å²) in [6, 6.07) is 7.90. The van der Waals surface area contributed by atoms with E-state index in [4.69, 9.17) is 0 Å². The number of hydrogen-bond donors (Lipinski definition) is 1. The maximum atomic E-state index is 13.6. The van der Waals surface area contributed by atoms with Crippen molar-refractivity contribution in [2.45, 2.75) is 30.7 Å². The minimum Gasteiger partial charge on any atom is -0.324 e. The SMILES string of the molecule is Cc1c(F)cccc1NC(=O)[C@H]1CCCN1S(=O)(=O)c1ccc(F)cc1. The third kappa shape index (κ3) is 3.47. The molecule has 0 unspecified atom stereocenters. The first-order valence-electron chi connectivity index (χ1n) is 8.14. The smallest absolute Gasteiger partial charge is 0.243 e. The zero-order valence-corrected chi connectivity index (χ0v) is 14.9. The van der Waals surface area contributed by atoms with Crippen LogP contribution in [0.5, 0.6) is 0 Å². The summed E-state index contributed by atoms with van der Waals surface area (Å²) in [5.41, 5.74) is 0.591. The summed E-state index contributed by atoms with van der Waals surface area (Å²) in [7, 11) is -3.93. The average molecular weight is 380 g/mol. The van der Waals surface area contributed by atoms with Crippen LogP contribution in [-0.2, 0) is 14.8 Å². The van der Waals surface area contributed by atoms with Crippen molar-refractivity contribution in [3.05, 3.63) is 59.7 Å². The Balaban J connectivity index is 1.84. The highest BCUT2D eigenvalue weighted by atomic mass is 32.2. The van der Waals surface area contributed by atoms with E-state index in [1.54, 1.807) is 6.07 Å². The van der Waals surface area contributed by atoms with Gasteiger partial charge in [0.05, 0.1) is 4.90 Å².